The Bertz CT molecular complexity index is 811. The quantitative estimate of drug-likeness (QED) is 0.642. The van der Waals surface area contributed by atoms with Gasteiger partial charge in [-0.25, -0.2) is 0 Å². The van der Waals surface area contributed by atoms with E-state index >= 15 is 0 Å². The van der Waals surface area contributed by atoms with Crippen LogP contribution in [0, 0.1) is 0 Å². The van der Waals surface area contributed by atoms with Gasteiger partial charge in [0.1, 0.15) is 5.75 Å². The molecule has 0 atom stereocenters. The molecule has 0 spiro atoms. The molecule has 0 aliphatic carbocycles. The molecule has 2 aromatic rings. The number of hydrogen-bond donors (Lipinski definition) is 3. The van der Waals surface area contributed by atoms with E-state index in [0.29, 0.717) is 17.1 Å². The average molecular weight is 420 g/mol. The molecule has 0 fully saturated rings. The van der Waals surface area contributed by atoms with Crippen LogP contribution < -0.4 is 20.7 Å². The summed E-state index contributed by atoms with van der Waals surface area (Å²) < 4.78 is 6.15. The molecule has 26 heavy (non-hydrogen) atoms. The minimum Gasteiger partial charge on any atom is -0.482 e. The minimum absolute atomic E-state index is 0.184. The van der Waals surface area contributed by atoms with Crippen molar-refractivity contribution in [2.45, 2.75) is 6.92 Å². The third-order valence-corrected chi connectivity index (χ3v) is 3.84. The highest BCUT2D eigenvalue weighted by atomic mass is 79.9. The van der Waals surface area contributed by atoms with Crippen molar-refractivity contribution in [2.75, 3.05) is 23.8 Å². The van der Waals surface area contributed by atoms with Crippen LogP contribution in [0.3, 0.4) is 0 Å². The summed E-state index contributed by atoms with van der Waals surface area (Å²) in [4.78, 5) is 34.9. The molecule has 0 aliphatic heterocycles. The third kappa shape index (κ3) is 6.21. The van der Waals surface area contributed by atoms with Crippen LogP contribution in [0.4, 0.5) is 11.4 Å². The number of carbonyl (C=O) groups is 3. The molecule has 2 rings (SSSR count). The van der Waals surface area contributed by atoms with E-state index < -0.39 is 5.91 Å². The Hall–Kier alpha value is -2.87. The van der Waals surface area contributed by atoms with E-state index in [-0.39, 0.29) is 25.0 Å². The van der Waals surface area contributed by atoms with Crippen molar-refractivity contribution in [1.29, 1.82) is 0 Å². The monoisotopic (exact) mass is 419 g/mol. The molecule has 8 heteroatoms. The summed E-state index contributed by atoms with van der Waals surface area (Å²) in [6, 6.07) is 13.9. The molecule has 0 unspecified atom stereocenters. The van der Waals surface area contributed by atoms with Gasteiger partial charge in [-0.1, -0.05) is 24.3 Å². The zero-order chi connectivity index (χ0) is 18.9. The van der Waals surface area contributed by atoms with Crippen LogP contribution in [0.2, 0.25) is 0 Å². The molecule has 3 amide bonds. The molecule has 0 saturated heterocycles. The lowest BCUT2D eigenvalue weighted by Crippen LogP contribution is -2.35. The minimum atomic E-state index is -0.454. The highest BCUT2D eigenvalue weighted by Gasteiger charge is 2.10. The van der Waals surface area contributed by atoms with Crippen LogP contribution in [0.1, 0.15) is 6.92 Å². The van der Waals surface area contributed by atoms with Gasteiger partial charge in [0.05, 0.1) is 17.9 Å². The van der Waals surface area contributed by atoms with Gasteiger partial charge in [0.15, 0.2) is 6.61 Å². The maximum absolute atomic E-state index is 11.9. The molecule has 136 valence electrons. The van der Waals surface area contributed by atoms with E-state index in [2.05, 4.69) is 31.9 Å². The van der Waals surface area contributed by atoms with Crippen molar-refractivity contribution in [1.82, 2.24) is 5.32 Å². The van der Waals surface area contributed by atoms with Gasteiger partial charge < -0.3 is 20.7 Å². The van der Waals surface area contributed by atoms with Gasteiger partial charge in [0, 0.05) is 11.4 Å². The Morgan fingerprint density at radius 3 is 2.27 bits per heavy atom. The zero-order valence-corrected chi connectivity index (χ0v) is 15.6. The van der Waals surface area contributed by atoms with Gasteiger partial charge in [-0.05, 0) is 40.2 Å². The number of amides is 3. The lowest BCUT2D eigenvalue weighted by atomic mass is 10.3. The van der Waals surface area contributed by atoms with Crippen molar-refractivity contribution in [2.24, 2.45) is 0 Å². The molecule has 0 heterocycles. The van der Waals surface area contributed by atoms with Gasteiger partial charge in [-0.15, -0.1) is 0 Å². The fourth-order valence-electron chi connectivity index (χ4n) is 2.02. The SMILES string of the molecule is CC(=O)Nc1ccccc1OCC(=O)NCC(=O)Nc1ccccc1Br. The number of carbonyl (C=O) groups excluding carboxylic acids is 3. The van der Waals surface area contributed by atoms with Crippen LogP contribution in [0.25, 0.3) is 0 Å². The molecular weight excluding hydrogens is 402 g/mol. The Morgan fingerprint density at radius 2 is 1.58 bits per heavy atom. The van der Waals surface area contributed by atoms with Crippen LogP contribution >= 0.6 is 15.9 Å². The summed E-state index contributed by atoms with van der Waals surface area (Å²) in [5.74, 6) is -0.682. The normalized spacial score (nSPS) is 9.92. The van der Waals surface area contributed by atoms with Gasteiger partial charge in [-0.3, -0.25) is 14.4 Å². The van der Waals surface area contributed by atoms with Crippen LogP contribution in [-0.2, 0) is 14.4 Å². The third-order valence-electron chi connectivity index (χ3n) is 3.15. The van der Waals surface area contributed by atoms with Crippen molar-refractivity contribution in [3.63, 3.8) is 0 Å². The van der Waals surface area contributed by atoms with Gasteiger partial charge in [0.25, 0.3) is 5.91 Å². The standard InChI is InChI=1S/C18H18BrN3O4/c1-12(23)21-15-8-4-5-9-16(15)26-11-18(25)20-10-17(24)22-14-7-3-2-6-13(14)19/h2-9H,10-11H2,1H3,(H,20,25)(H,21,23)(H,22,24). The predicted octanol–water partition coefficient (Wildman–Crippen LogP) is 2.54. The molecule has 0 radical (unpaired) electrons. The smallest absolute Gasteiger partial charge is 0.258 e. The molecule has 0 aromatic heterocycles. The molecule has 2 aromatic carbocycles. The maximum atomic E-state index is 11.9. The maximum Gasteiger partial charge on any atom is 0.258 e. The Kier molecular flexibility index (Phi) is 7.16. The Morgan fingerprint density at radius 1 is 0.923 bits per heavy atom. The largest absolute Gasteiger partial charge is 0.482 e. The second-order valence-electron chi connectivity index (χ2n) is 5.27. The van der Waals surface area contributed by atoms with Crippen molar-refractivity contribution < 1.29 is 19.1 Å². The highest BCUT2D eigenvalue weighted by Crippen LogP contribution is 2.23. The van der Waals surface area contributed by atoms with Crippen molar-refractivity contribution in [3.05, 3.63) is 53.0 Å². The van der Waals surface area contributed by atoms with E-state index in [9.17, 15) is 14.4 Å². The molecule has 3 N–H and O–H groups in total. The number of ether oxygens (including phenoxy) is 1. The summed E-state index contributed by atoms with van der Waals surface area (Å²) in [5.41, 5.74) is 1.09. The van der Waals surface area contributed by atoms with Crippen molar-refractivity contribution in [3.8, 4) is 5.75 Å². The summed E-state index contributed by atoms with van der Waals surface area (Å²) in [5, 5.41) is 7.77. The molecular formula is C18H18BrN3O4. The van der Waals surface area contributed by atoms with Gasteiger partial charge in [0.2, 0.25) is 11.8 Å². The number of nitrogens with one attached hydrogen (secondary N) is 3. The number of benzene rings is 2. The number of rotatable bonds is 7. The first-order valence-corrected chi connectivity index (χ1v) is 8.55. The fourth-order valence-corrected chi connectivity index (χ4v) is 2.40. The second kappa shape index (κ2) is 9.57. The van der Waals surface area contributed by atoms with E-state index in [0.717, 1.165) is 4.47 Å². The van der Waals surface area contributed by atoms with Crippen LogP contribution in [0.15, 0.2) is 53.0 Å². The number of anilines is 2. The summed E-state index contributed by atoms with van der Waals surface area (Å²) in [6.07, 6.45) is 0. The van der Waals surface area contributed by atoms with E-state index in [1.807, 2.05) is 6.07 Å². The first kappa shape index (κ1) is 19.5. The summed E-state index contributed by atoms with van der Waals surface area (Å²) in [6.45, 7) is 0.920. The molecule has 0 saturated carbocycles. The van der Waals surface area contributed by atoms with Crippen molar-refractivity contribution >= 4 is 45.0 Å². The molecule has 0 aliphatic rings. The number of halogens is 1. The first-order chi connectivity index (χ1) is 12.5. The predicted molar refractivity (Wildman–Crippen MR) is 102 cm³/mol. The van der Waals surface area contributed by atoms with Crippen LogP contribution in [0.5, 0.6) is 5.75 Å². The van der Waals surface area contributed by atoms with E-state index in [4.69, 9.17) is 4.74 Å². The lowest BCUT2D eigenvalue weighted by molar-refractivity contribution is -0.125. The number of hydrogen-bond acceptors (Lipinski definition) is 4. The van der Waals surface area contributed by atoms with E-state index in [1.54, 1.807) is 42.5 Å². The van der Waals surface area contributed by atoms with E-state index in [1.165, 1.54) is 6.92 Å². The summed E-state index contributed by atoms with van der Waals surface area (Å²) >= 11 is 3.33. The second-order valence-corrected chi connectivity index (χ2v) is 6.13. The molecule has 7 nitrogen and oxygen atoms in total. The van der Waals surface area contributed by atoms with Gasteiger partial charge >= 0.3 is 0 Å². The molecule has 0 bridgehead atoms. The van der Waals surface area contributed by atoms with Gasteiger partial charge in [-0.2, -0.15) is 0 Å². The topological polar surface area (TPSA) is 96.5 Å². The van der Waals surface area contributed by atoms with Crippen LogP contribution in [-0.4, -0.2) is 30.9 Å². The average Bonchev–Trinajstić information content (AvgIpc) is 2.61. The lowest BCUT2D eigenvalue weighted by Gasteiger charge is -2.12. The first-order valence-electron chi connectivity index (χ1n) is 7.76. The zero-order valence-electron chi connectivity index (χ0n) is 14.0. The fraction of sp³-hybridized carbons (Fsp3) is 0.167. The Labute approximate surface area is 159 Å². The number of para-hydroxylation sites is 3. The Balaban J connectivity index is 1.80. The summed E-state index contributed by atoms with van der Waals surface area (Å²) in [7, 11) is 0. The highest BCUT2D eigenvalue weighted by molar-refractivity contribution is 9.10.